The summed E-state index contributed by atoms with van der Waals surface area (Å²) in [6.07, 6.45) is -5.20. The molecule has 3 N–H and O–H groups in total. The van der Waals surface area contributed by atoms with E-state index in [0.29, 0.717) is 25.7 Å². The van der Waals surface area contributed by atoms with Crippen molar-refractivity contribution in [1.82, 2.24) is 25.8 Å². The van der Waals surface area contributed by atoms with E-state index in [2.05, 4.69) is 16.0 Å². The number of rotatable bonds is 7. The van der Waals surface area contributed by atoms with Gasteiger partial charge in [0.1, 0.15) is 18.0 Å². The summed E-state index contributed by atoms with van der Waals surface area (Å²) in [6.45, 7) is 1.04. The van der Waals surface area contributed by atoms with Gasteiger partial charge in [-0.15, -0.1) is 0 Å². The molecule has 0 radical (unpaired) electrons. The fourth-order valence-electron chi connectivity index (χ4n) is 12.6. The summed E-state index contributed by atoms with van der Waals surface area (Å²) in [5.41, 5.74) is -1.49. The highest BCUT2D eigenvalue weighted by Crippen LogP contribution is 2.60. The van der Waals surface area contributed by atoms with Crippen molar-refractivity contribution >= 4 is 35.4 Å². The Morgan fingerprint density at radius 1 is 0.933 bits per heavy atom. The van der Waals surface area contributed by atoms with Gasteiger partial charge in [-0.05, 0) is 61.8 Å². The summed E-state index contributed by atoms with van der Waals surface area (Å²) in [4.78, 5) is 53.0. The van der Waals surface area contributed by atoms with Crippen molar-refractivity contribution in [2.45, 2.75) is 171 Å². The Kier molecular flexibility index (Phi) is 12.0. The monoisotopic (exact) mass is 875 g/mol. The van der Waals surface area contributed by atoms with Crippen molar-refractivity contribution in [2.75, 3.05) is 0 Å². The Morgan fingerprint density at radius 3 is 2.23 bits per heavy atom. The van der Waals surface area contributed by atoms with E-state index in [9.17, 15) is 32.3 Å². The highest BCUT2D eigenvalue weighted by Gasteiger charge is 2.70. The van der Waals surface area contributed by atoms with Crippen molar-refractivity contribution in [3.8, 4) is 0 Å². The van der Waals surface area contributed by atoms with E-state index in [0.717, 1.165) is 43.4 Å². The number of carbonyl (C=O) groups is 4. The molecule has 332 valence electrons. The molecule has 3 heterocycles. The second-order valence-corrected chi connectivity index (χ2v) is 18.8. The maximum absolute atomic E-state index is 15.8. The Hall–Kier alpha value is -3.18. The third kappa shape index (κ3) is 7.78. The molecule has 60 heavy (non-hydrogen) atoms. The first-order valence-corrected chi connectivity index (χ1v) is 22.0. The number of benzene rings is 1. The molecule has 1 aromatic rings. The van der Waals surface area contributed by atoms with E-state index in [-0.39, 0.29) is 78.6 Å². The van der Waals surface area contributed by atoms with Gasteiger partial charge in [-0.3, -0.25) is 29.9 Å². The molecule has 18 heteroatoms. The lowest BCUT2D eigenvalue weighted by molar-refractivity contribution is -0.206. The summed E-state index contributed by atoms with van der Waals surface area (Å²) < 4.78 is 112. The van der Waals surface area contributed by atoms with Crippen molar-refractivity contribution < 1.29 is 54.6 Å². The number of alkyl carbamates (subject to hydrolysis) is 1. The van der Waals surface area contributed by atoms with Gasteiger partial charge in [0.25, 0.3) is 5.91 Å². The maximum atomic E-state index is 15.8. The van der Waals surface area contributed by atoms with Gasteiger partial charge in [-0.2, -0.15) is 26.3 Å². The molecule has 1 aromatic carbocycles. The van der Waals surface area contributed by atoms with E-state index in [1.807, 2.05) is 0 Å². The minimum Gasteiger partial charge on any atom is -0.446 e. The summed E-state index contributed by atoms with van der Waals surface area (Å²) in [6, 6.07) is -1.25. The molecule has 2 saturated heterocycles. The van der Waals surface area contributed by atoms with Crippen molar-refractivity contribution in [3.63, 3.8) is 0 Å². The molecule has 4 aliphatic carbocycles. The number of ether oxygens (including phenoxy) is 1. The third-order valence-electron chi connectivity index (χ3n) is 15.2. The number of fused-ring (bicyclic) bond motifs is 2. The molecule has 0 spiro atoms. The average molecular weight is 876 g/mol. The highest BCUT2D eigenvalue weighted by molar-refractivity contribution is 6.32. The topological polar surface area (TPSA) is 120 Å². The van der Waals surface area contributed by atoms with Crippen LogP contribution in [0.2, 0.25) is 5.02 Å². The minimum absolute atomic E-state index is 0.00790. The first kappa shape index (κ1) is 43.5. The van der Waals surface area contributed by atoms with Crippen LogP contribution in [0, 0.1) is 35.4 Å². The number of carbonyl (C=O) groups excluding carboxylic acids is 4. The van der Waals surface area contributed by atoms with E-state index in [1.165, 1.54) is 11.0 Å². The second kappa shape index (κ2) is 16.5. The SMILES string of the molecule is CC1C(C(F)(F)F)CCC2N(C3CC(OC(=O)NCc4cc(Cl)c5c(c4F)C(=O)N(C4CCC(=O)NC4=O)C5)C3)C(C(F)(F)F)NC2(C2CCCC2)C1C1CCCCCC1. The number of piperidine rings is 1. The molecule has 0 bridgehead atoms. The predicted octanol–water partition coefficient (Wildman–Crippen LogP) is 8.28. The number of hydrogen-bond acceptors (Lipinski definition) is 7. The van der Waals surface area contributed by atoms with Gasteiger partial charge in [0.2, 0.25) is 11.8 Å². The molecule has 4 amide bonds. The minimum atomic E-state index is -4.72. The van der Waals surface area contributed by atoms with Crippen LogP contribution < -0.4 is 16.0 Å². The van der Waals surface area contributed by atoms with Gasteiger partial charge in [0.15, 0.2) is 6.17 Å². The normalized spacial score (nSPS) is 34.8. The number of imide groups is 1. The first-order chi connectivity index (χ1) is 28.4. The Labute approximate surface area is 349 Å². The predicted molar refractivity (Wildman–Crippen MR) is 204 cm³/mol. The molecule has 0 aromatic heterocycles. The summed E-state index contributed by atoms with van der Waals surface area (Å²) in [5, 5.41) is 7.81. The van der Waals surface area contributed by atoms with Crippen molar-refractivity contribution in [1.29, 1.82) is 0 Å². The number of alkyl halides is 6. The quantitative estimate of drug-likeness (QED) is 0.143. The number of halogens is 8. The van der Waals surface area contributed by atoms with E-state index >= 15 is 17.6 Å². The van der Waals surface area contributed by atoms with Crippen LogP contribution in [-0.2, 0) is 27.4 Å². The van der Waals surface area contributed by atoms with Crippen molar-refractivity contribution in [3.05, 3.63) is 33.6 Å². The molecule has 10 nitrogen and oxygen atoms in total. The molecule has 7 atom stereocenters. The fraction of sp³-hybridized carbons (Fsp3) is 0.762. The average Bonchev–Trinajstić information content (AvgIpc) is 3.81. The smallest absolute Gasteiger partial charge is 0.417 e. The van der Waals surface area contributed by atoms with Crippen LogP contribution in [0.3, 0.4) is 0 Å². The number of amides is 4. The summed E-state index contributed by atoms with van der Waals surface area (Å²) >= 11 is 6.45. The maximum Gasteiger partial charge on any atom is 0.417 e. The molecule has 7 aliphatic rings. The van der Waals surface area contributed by atoms with Crippen LogP contribution in [-0.4, -0.2) is 81.9 Å². The van der Waals surface area contributed by atoms with Crippen LogP contribution >= 0.6 is 11.6 Å². The molecule has 4 saturated carbocycles. The van der Waals surface area contributed by atoms with Gasteiger partial charge in [0.05, 0.1) is 11.5 Å². The molecule has 7 unspecified atom stereocenters. The Balaban J connectivity index is 0.985. The first-order valence-electron chi connectivity index (χ1n) is 21.7. The standard InChI is InChI=1S/C42H53ClF7N5O5/c1-21-28(41(45,46)47)12-14-31-40(24-10-6-7-11-24,34(21)22-8-4-2-3-5-9-22)53-38(42(48,49)50)55(31)25-17-26(18-25)60-39(59)51-19-23-16-29(43)27-20-54(37(58)33(27)35(23)44)30-13-15-32(56)52-36(30)57/h16,21-22,24-26,28,30-31,34,38,53H,2-15,17-20H2,1H3,(H,51,59)(H,52,56,57). The summed E-state index contributed by atoms with van der Waals surface area (Å²) in [5.74, 6) is -6.32. The largest absolute Gasteiger partial charge is 0.446 e. The zero-order valence-corrected chi connectivity index (χ0v) is 34.3. The lowest BCUT2D eigenvalue weighted by Gasteiger charge is -2.53. The molecular weight excluding hydrogens is 823 g/mol. The van der Waals surface area contributed by atoms with Gasteiger partial charge in [0, 0.05) is 66.1 Å². The van der Waals surface area contributed by atoms with Crippen LogP contribution in [0.25, 0.3) is 0 Å². The van der Waals surface area contributed by atoms with Crippen molar-refractivity contribution in [2.24, 2.45) is 29.6 Å². The molecule has 6 fully saturated rings. The molecule has 8 rings (SSSR count). The van der Waals surface area contributed by atoms with Gasteiger partial charge in [-0.25, -0.2) is 9.18 Å². The lowest BCUT2D eigenvalue weighted by atomic mass is 9.58. The molecular formula is C42H53ClF7N5O5. The number of hydrogen-bond donors (Lipinski definition) is 3. The molecule has 3 aliphatic heterocycles. The zero-order chi connectivity index (χ0) is 42.9. The van der Waals surface area contributed by atoms with Crippen LogP contribution in [0.4, 0.5) is 35.5 Å². The zero-order valence-electron chi connectivity index (χ0n) is 33.5. The third-order valence-corrected chi connectivity index (χ3v) is 15.6. The summed E-state index contributed by atoms with van der Waals surface area (Å²) in [7, 11) is 0. The fourth-order valence-corrected chi connectivity index (χ4v) is 12.9. The number of nitrogens with zero attached hydrogens (tertiary/aromatic N) is 2. The lowest BCUT2D eigenvalue weighted by Crippen LogP contribution is -2.64. The van der Waals surface area contributed by atoms with Gasteiger partial charge in [-0.1, -0.05) is 69.9 Å². The van der Waals surface area contributed by atoms with Crippen LogP contribution in [0.1, 0.15) is 131 Å². The Morgan fingerprint density at radius 2 is 1.60 bits per heavy atom. The van der Waals surface area contributed by atoms with Crippen LogP contribution in [0.15, 0.2) is 6.07 Å². The highest BCUT2D eigenvalue weighted by atomic mass is 35.5. The van der Waals surface area contributed by atoms with E-state index in [4.69, 9.17) is 16.3 Å². The van der Waals surface area contributed by atoms with E-state index < -0.39 is 102 Å². The number of nitrogens with one attached hydrogen (secondary N) is 3. The van der Waals surface area contributed by atoms with E-state index in [1.54, 1.807) is 6.92 Å². The second-order valence-electron chi connectivity index (χ2n) is 18.4. The Bertz CT molecular complexity index is 1850. The van der Waals surface area contributed by atoms with Gasteiger partial charge >= 0.3 is 18.4 Å². The van der Waals surface area contributed by atoms with Crippen LogP contribution in [0.5, 0.6) is 0 Å². The van der Waals surface area contributed by atoms with Gasteiger partial charge < -0.3 is 15.0 Å².